The minimum absolute atomic E-state index is 0.241. The zero-order chi connectivity index (χ0) is 20.3. The third-order valence-electron chi connectivity index (χ3n) is 5.99. The van der Waals surface area contributed by atoms with E-state index in [2.05, 4.69) is 17.1 Å². The monoisotopic (exact) mass is 389 g/mol. The van der Waals surface area contributed by atoms with E-state index in [0.717, 1.165) is 25.2 Å². The molecule has 0 spiro atoms. The van der Waals surface area contributed by atoms with Gasteiger partial charge in [-0.1, -0.05) is 32.4 Å². The van der Waals surface area contributed by atoms with E-state index in [1.807, 2.05) is 6.92 Å². The number of fused-ring (bicyclic) bond motifs is 1. The van der Waals surface area contributed by atoms with Gasteiger partial charge >= 0.3 is 0 Å². The van der Waals surface area contributed by atoms with Crippen molar-refractivity contribution in [3.63, 3.8) is 0 Å². The van der Waals surface area contributed by atoms with Gasteiger partial charge in [0.15, 0.2) is 0 Å². The van der Waals surface area contributed by atoms with Crippen molar-refractivity contribution < 1.29 is 18.8 Å². The molecule has 7 heteroatoms. The molecule has 1 saturated heterocycles. The smallest absolute Gasteiger partial charge is 0.255 e. The first-order valence-electron chi connectivity index (χ1n) is 10.0. The molecule has 2 aliphatic heterocycles. The normalized spacial score (nSPS) is 20.0. The topological polar surface area (TPSA) is 69.7 Å². The number of halogens is 1. The number of imide groups is 1. The van der Waals surface area contributed by atoms with Crippen molar-refractivity contribution in [3.8, 4) is 0 Å². The number of likely N-dealkylation sites (tertiary alicyclic amines) is 1. The van der Waals surface area contributed by atoms with E-state index in [1.165, 1.54) is 4.90 Å². The van der Waals surface area contributed by atoms with E-state index in [-0.39, 0.29) is 12.5 Å². The Morgan fingerprint density at radius 2 is 2.04 bits per heavy atom. The Morgan fingerprint density at radius 1 is 1.32 bits per heavy atom. The molecule has 3 rings (SSSR count). The van der Waals surface area contributed by atoms with E-state index in [9.17, 15) is 14.4 Å². The molecule has 2 heterocycles. The highest BCUT2D eigenvalue weighted by Crippen LogP contribution is 2.39. The lowest BCUT2D eigenvalue weighted by molar-refractivity contribution is -0.129. The Balaban J connectivity index is 1.82. The predicted molar refractivity (Wildman–Crippen MR) is 103 cm³/mol. The van der Waals surface area contributed by atoms with Crippen molar-refractivity contribution >= 4 is 18.2 Å². The lowest BCUT2D eigenvalue weighted by atomic mass is 9.85. The number of alkyl halides is 1. The number of hydrogen-bond donors (Lipinski definition) is 1. The van der Waals surface area contributed by atoms with E-state index >= 15 is 4.39 Å². The maximum atomic E-state index is 15.6. The number of nitrogens with zero attached hydrogens (tertiary/aromatic N) is 2. The van der Waals surface area contributed by atoms with Crippen molar-refractivity contribution in [3.05, 3.63) is 34.9 Å². The highest BCUT2D eigenvalue weighted by Gasteiger charge is 2.39. The Morgan fingerprint density at radius 3 is 2.64 bits per heavy atom. The number of hydrogen-bond acceptors (Lipinski definition) is 4. The van der Waals surface area contributed by atoms with Crippen LogP contribution in [0.1, 0.15) is 61.0 Å². The van der Waals surface area contributed by atoms with Crippen LogP contribution in [-0.4, -0.2) is 53.7 Å². The summed E-state index contributed by atoms with van der Waals surface area (Å²) in [7, 11) is 0. The Hall–Kier alpha value is -2.28. The third kappa shape index (κ3) is 3.81. The summed E-state index contributed by atoms with van der Waals surface area (Å²) in [5.74, 6) is -0.720. The van der Waals surface area contributed by atoms with E-state index in [4.69, 9.17) is 0 Å². The molecular formula is C21H28FN3O3. The number of piperidine rings is 1. The van der Waals surface area contributed by atoms with Gasteiger partial charge in [0.1, 0.15) is 11.7 Å². The van der Waals surface area contributed by atoms with Crippen LogP contribution in [0.15, 0.2) is 18.2 Å². The summed E-state index contributed by atoms with van der Waals surface area (Å²) in [5, 5.41) is 2.16. The van der Waals surface area contributed by atoms with Crippen LogP contribution in [0.4, 0.5) is 4.39 Å². The number of rotatable bonds is 7. The van der Waals surface area contributed by atoms with E-state index in [0.29, 0.717) is 43.2 Å². The highest BCUT2D eigenvalue weighted by atomic mass is 19.1. The number of carbonyl (C=O) groups is 3. The Labute approximate surface area is 165 Å². The van der Waals surface area contributed by atoms with Gasteiger partial charge in [0.05, 0.1) is 0 Å². The van der Waals surface area contributed by atoms with E-state index in [1.54, 1.807) is 18.2 Å². The summed E-state index contributed by atoms with van der Waals surface area (Å²) >= 11 is 0. The zero-order valence-electron chi connectivity index (χ0n) is 16.5. The Kier molecular flexibility index (Phi) is 6.13. The highest BCUT2D eigenvalue weighted by molar-refractivity contribution is 6.02. The molecule has 1 unspecified atom stereocenters. The first-order chi connectivity index (χ1) is 13.4. The molecule has 1 N–H and O–H groups in total. The second kappa shape index (κ2) is 8.39. The molecule has 0 aliphatic carbocycles. The summed E-state index contributed by atoms with van der Waals surface area (Å²) < 4.78 is 15.6. The molecule has 0 saturated carbocycles. The van der Waals surface area contributed by atoms with Crippen molar-refractivity contribution in [2.45, 2.75) is 57.8 Å². The van der Waals surface area contributed by atoms with Crippen LogP contribution in [0.5, 0.6) is 0 Å². The van der Waals surface area contributed by atoms with Gasteiger partial charge in [-0.3, -0.25) is 19.7 Å². The van der Waals surface area contributed by atoms with Crippen molar-refractivity contribution in [1.29, 1.82) is 0 Å². The number of benzene rings is 1. The van der Waals surface area contributed by atoms with Gasteiger partial charge in [0.25, 0.3) is 5.91 Å². The molecule has 0 bridgehead atoms. The third-order valence-corrected chi connectivity index (χ3v) is 5.99. The van der Waals surface area contributed by atoms with Crippen LogP contribution in [0.2, 0.25) is 0 Å². The molecular weight excluding hydrogens is 361 g/mol. The van der Waals surface area contributed by atoms with Gasteiger partial charge in [-0.2, -0.15) is 0 Å². The number of carbonyl (C=O) groups excluding carboxylic acids is 3. The van der Waals surface area contributed by atoms with Crippen LogP contribution >= 0.6 is 0 Å². The molecule has 2 aliphatic rings. The van der Waals surface area contributed by atoms with Crippen LogP contribution in [-0.2, 0) is 21.8 Å². The van der Waals surface area contributed by atoms with E-state index < -0.39 is 17.6 Å². The zero-order valence-corrected chi connectivity index (χ0v) is 16.5. The molecule has 6 nitrogen and oxygen atoms in total. The van der Waals surface area contributed by atoms with Crippen molar-refractivity contribution in [1.82, 2.24) is 15.1 Å². The largest absolute Gasteiger partial charge is 0.322 e. The lowest BCUT2D eigenvalue weighted by Crippen LogP contribution is -2.46. The van der Waals surface area contributed by atoms with Crippen molar-refractivity contribution in [2.75, 3.05) is 19.6 Å². The van der Waals surface area contributed by atoms with Gasteiger partial charge in [0, 0.05) is 25.2 Å². The predicted octanol–water partition coefficient (Wildman–Crippen LogP) is 2.36. The maximum absolute atomic E-state index is 15.6. The summed E-state index contributed by atoms with van der Waals surface area (Å²) in [4.78, 5) is 39.4. The number of nitrogens with one attached hydrogen (secondary N) is 1. The fraction of sp³-hybridized carbons (Fsp3) is 0.571. The van der Waals surface area contributed by atoms with Gasteiger partial charge in [0.2, 0.25) is 12.3 Å². The standard InChI is InChI=1S/C21H28FN3O3/c1-3-5-18(19(27)23-14-26)25-13-15-12-16(6-7-17(15)20(25)28)21(22)8-10-24(4-2)11-9-21/h6-7,12,14,18H,3-5,8-11,13H2,1-2H3,(H,23,26,27). The number of amides is 3. The maximum Gasteiger partial charge on any atom is 0.255 e. The van der Waals surface area contributed by atoms with Gasteiger partial charge < -0.3 is 9.80 Å². The van der Waals surface area contributed by atoms with Crippen LogP contribution in [0, 0.1) is 0 Å². The first kappa shape index (κ1) is 20.5. The molecule has 0 radical (unpaired) electrons. The summed E-state index contributed by atoms with van der Waals surface area (Å²) in [6, 6.07) is 4.48. The van der Waals surface area contributed by atoms with Gasteiger partial charge in [-0.05, 0) is 43.0 Å². The fourth-order valence-electron chi connectivity index (χ4n) is 4.24. The molecule has 28 heavy (non-hydrogen) atoms. The lowest BCUT2D eigenvalue weighted by Gasteiger charge is -2.36. The fourth-order valence-corrected chi connectivity index (χ4v) is 4.24. The van der Waals surface area contributed by atoms with Crippen molar-refractivity contribution in [2.24, 2.45) is 0 Å². The molecule has 1 atom stereocenters. The SMILES string of the molecule is CCCC(C(=O)NC=O)N1Cc2cc(C3(F)CCN(CC)CC3)ccc2C1=O. The van der Waals surface area contributed by atoms with Gasteiger partial charge in [-0.25, -0.2) is 4.39 Å². The minimum atomic E-state index is -1.38. The van der Waals surface area contributed by atoms with Crippen LogP contribution < -0.4 is 5.32 Å². The molecule has 152 valence electrons. The summed E-state index contributed by atoms with van der Waals surface area (Å²) in [5.41, 5.74) is 0.492. The van der Waals surface area contributed by atoms with Crippen LogP contribution in [0.3, 0.4) is 0 Å². The molecule has 1 fully saturated rings. The first-order valence-corrected chi connectivity index (χ1v) is 10.0. The second-order valence-electron chi connectivity index (χ2n) is 7.64. The average Bonchev–Trinajstić information content (AvgIpc) is 3.02. The molecule has 3 amide bonds. The van der Waals surface area contributed by atoms with Crippen LogP contribution in [0.25, 0.3) is 0 Å². The average molecular weight is 389 g/mol. The Bertz CT molecular complexity index is 759. The molecule has 1 aromatic rings. The summed E-state index contributed by atoms with van der Waals surface area (Å²) in [6.45, 7) is 6.62. The summed E-state index contributed by atoms with van der Waals surface area (Å²) in [6.07, 6.45) is 2.39. The quantitative estimate of drug-likeness (QED) is 0.727. The minimum Gasteiger partial charge on any atom is -0.322 e. The molecule has 1 aromatic carbocycles. The molecule has 0 aromatic heterocycles. The van der Waals surface area contributed by atoms with Gasteiger partial charge in [-0.15, -0.1) is 0 Å². The second-order valence-corrected chi connectivity index (χ2v) is 7.64.